The van der Waals surface area contributed by atoms with Crippen LogP contribution in [-0.4, -0.2) is 15.1 Å². The summed E-state index contributed by atoms with van der Waals surface area (Å²) in [5.74, 6) is 0.0342. The van der Waals surface area contributed by atoms with Gasteiger partial charge in [-0.3, -0.25) is 4.98 Å². The summed E-state index contributed by atoms with van der Waals surface area (Å²) in [6.07, 6.45) is 0.612. The molecule has 3 nitrogen and oxygen atoms in total. The Kier molecular flexibility index (Phi) is 2.86. The molecule has 1 N–H and O–H groups in total. The molecule has 0 bridgehead atoms. The van der Waals surface area contributed by atoms with E-state index in [0.717, 1.165) is 17.0 Å². The molecule has 0 atom stereocenters. The second-order valence-electron chi connectivity index (χ2n) is 3.83. The third-order valence-corrected chi connectivity index (χ3v) is 2.57. The molecule has 2 rings (SSSR count). The summed E-state index contributed by atoms with van der Waals surface area (Å²) in [4.78, 5) is 8.42. The molecule has 0 saturated carbocycles. The van der Waals surface area contributed by atoms with Gasteiger partial charge in [-0.2, -0.15) is 0 Å². The highest BCUT2D eigenvalue weighted by Crippen LogP contribution is 2.17. The second-order valence-corrected chi connectivity index (χ2v) is 3.83. The fraction of sp³-hybridized carbons (Fsp3) is 0.231. The summed E-state index contributed by atoms with van der Waals surface area (Å²) < 4.78 is 0. The monoisotopic (exact) mass is 214 g/mol. The van der Waals surface area contributed by atoms with Crippen LogP contribution in [0.3, 0.4) is 0 Å². The lowest BCUT2D eigenvalue weighted by Gasteiger charge is -2.06. The van der Waals surface area contributed by atoms with Crippen LogP contribution in [0.2, 0.25) is 0 Å². The van der Waals surface area contributed by atoms with Crippen molar-refractivity contribution in [2.75, 3.05) is 0 Å². The largest absolute Gasteiger partial charge is 0.492 e. The summed E-state index contributed by atoms with van der Waals surface area (Å²) >= 11 is 0. The molecule has 0 unspecified atom stereocenters. The van der Waals surface area contributed by atoms with Crippen molar-refractivity contribution in [2.45, 2.75) is 20.3 Å². The van der Waals surface area contributed by atoms with Crippen LogP contribution in [0.4, 0.5) is 0 Å². The third-order valence-electron chi connectivity index (χ3n) is 2.57. The molecule has 1 heterocycles. The summed E-state index contributed by atoms with van der Waals surface area (Å²) in [5, 5.41) is 9.70. The molecule has 3 heteroatoms. The first-order valence-electron chi connectivity index (χ1n) is 5.24. The minimum atomic E-state index is 0.0342. The van der Waals surface area contributed by atoms with Crippen LogP contribution in [0.15, 0.2) is 30.3 Å². The van der Waals surface area contributed by atoms with E-state index in [4.69, 9.17) is 0 Å². The van der Waals surface area contributed by atoms with Gasteiger partial charge in [0.05, 0.1) is 11.4 Å². The average Bonchev–Trinajstić information content (AvgIpc) is 2.27. The van der Waals surface area contributed by atoms with Crippen LogP contribution in [0.5, 0.6) is 5.88 Å². The van der Waals surface area contributed by atoms with E-state index in [0.29, 0.717) is 12.1 Å². The molecular weight excluding hydrogens is 200 g/mol. The first-order chi connectivity index (χ1) is 7.66. The molecule has 16 heavy (non-hydrogen) atoms. The van der Waals surface area contributed by atoms with Crippen molar-refractivity contribution in [1.29, 1.82) is 0 Å². The van der Waals surface area contributed by atoms with Gasteiger partial charge < -0.3 is 5.11 Å². The van der Waals surface area contributed by atoms with Crippen molar-refractivity contribution >= 4 is 0 Å². The molecule has 0 amide bonds. The highest BCUT2D eigenvalue weighted by Gasteiger charge is 2.08. The maximum atomic E-state index is 9.70. The molecule has 1 aromatic carbocycles. The molecule has 0 fully saturated rings. The van der Waals surface area contributed by atoms with Gasteiger partial charge in [-0.15, -0.1) is 0 Å². The van der Waals surface area contributed by atoms with Gasteiger partial charge in [-0.25, -0.2) is 4.98 Å². The molecule has 1 aromatic heterocycles. The molecule has 2 aromatic rings. The van der Waals surface area contributed by atoms with E-state index in [-0.39, 0.29) is 5.88 Å². The normalized spacial score (nSPS) is 10.4. The Morgan fingerprint density at radius 3 is 2.31 bits per heavy atom. The van der Waals surface area contributed by atoms with Gasteiger partial charge >= 0.3 is 0 Å². The van der Waals surface area contributed by atoms with Gasteiger partial charge in [-0.05, 0) is 19.4 Å². The van der Waals surface area contributed by atoms with Crippen molar-refractivity contribution in [3.05, 3.63) is 53.0 Å². The van der Waals surface area contributed by atoms with Crippen LogP contribution in [0, 0.1) is 13.8 Å². The zero-order valence-corrected chi connectivity index (χ0v) is 9.44. The first-order valence-corrected chi connectivity index (χ1v) is 5.24. The molecule has 0 aliphatic carbocycles. The number of nitrogens with zero attached hydrogens (tertiary/aromatic N) is 2. The molecule has 0 aliphatic rings. The van der Waals surface area contributed by atoms with Gasteiger partial charge in [0.25, 0.3) is 0 Å². The Morgan fingerprint density at radius 1 is 1.00 bits per heavy atom. The van der Waals surface area contributed by atoms with E-state index >= 15 is 0 Å². The van der Waals surface area contributed by atoms with Crippen LogP contribution in [-0.2, 0) is 6.42 Å². The Labute approximate surface area is 94.8 Å². The van der Waals surface area contributed by atoms with Gasteiger partial charge in [0.2, 0.25) is 5.88 Å². The maximum absolute atomic E-state index is 9.70. The smallest absolute Gasteiger partial charge is 0.233 e. The average molecular weight is 214 g/mol. The Morgan fingerprint density at radius 2 is 1.62 bits per heavy atom. The number of hydrogen-bond acceptors (Lipinski definition) is 3. The van der Waals surface area contributed by atoms with Gasteiger partial charge in [0.15, 0.2) is 0 Å². The van der Waals surface area contributed by atoms with E-state index in [9.17, 15) is 5.11 Å². The van der Waals surface area contributed by atoms with Crippen LogP contribution < -0.4 is 0 Å². The van der Waals surface area contributed by atoms with Crippen molar-refractivity contribution < 1.29 is 5.11 Å². The minimum Gasteiger partial charge on any atom is -0.492 e. The Hall–Kier alpha value is -1.90. The number of aromatic hydroxyl groups is 1. The van der Waals surface area contributed by atoms with Crippen LogP contribution in [0.25, 0.3) is 0 Å². The Balaban J connectivity index is 2.32. The Bertz CT molecular complexity index is 495. The number of rotatable bonds is 2. The first kappa shape index (κ1) is 10.6. The maximum Gasteiger partial charge on any atom is 0.233 e. The predicted molar refractivity (Wildman–Crippen MR) is 62.4 cm³/mol. The number of aromatic nitrogens is 2. The van der Waals surface area contributed by atoms with E-state index < -0.39 is 0 Å². The topological polar surface area (TPSA) is 46.0 Å². The molecule has 0 saturated heterocycles. The predicted octanol–water partition coefficient (Wildman–Crippen LogP) is 2.39. The van der Waals surface area contributed by atoms with Crippen molar-refractivity contribution in [1.82, 2.24) is 9.97 Å². The zero-order valence-electron chi connectivity index (χ0n) is 9.44. The SMILES string of the molecule is Cc1nc(O)c(Cc2ccccc2)nc1C. The summed E-state index contributed by atoms with van der Waals surface area (Å²) in [6, 6.07) is 9.93. The van der Waals surface area contributed by atoms with E-state index in [2.05, 4.69) is 9.97 Å². The molecule has 0 radical (unpaired) electrons. The molecular formula is C13H14N2O. The summed E-state index contributed by atoms with van der Waals surface area (Å²) in [6.45, 7) is 3.74. The molecule has 82 valence electrons. The summed E-state index contributed by atoms with van der Waals surface area (Å²) in [7, 11) is 0. The fourth-order valence-electron chi connectivity index (χ4n) is 1.55. The van der Waals surface area contributed by atoms with Crippen LogP contribution in [0.1, 0.15) is 22.6 Å². The quantitative estimate of drug-likeness (QED) is 0.834. The van der Waals surface area contributed by atoms with E-state index in [1.54, 1.807) is 0 Å². The van der Waals surface area contributed by atoms with Crippen LogP contribution >= 0.6 is 0 Å². The van der Waals surface area contributed by atoms with Gasteiger partial charge in [0.1, 0.15) is 5.69 Å². The lowest BCUT2D eigenvalue weighted by atomic mass is 10.1. The van der Waals surface area contributed by atoms with Crippen molar-refractivity contribution in [3.63, 3.8) is 0 Å². The standard InChI is InChI=1S/C13H14N2O/c1-9-10(2)15-13(16)12(14-9)8-11-6-4-3-5-7-11/h3-7H,8H2,1-2H3,(H,15,16). The van der Waals surface area contributed by atoms with Crippen molar-refractivity contribution in [2.24, 2.45) is 0 Å². The second kappa shape index (κ2) is 4.31. The zero-order chi connectivity index (χ0) is 11.5. The minimum absolute atomic E-state index is 0.0342. The molecule has 0 aliphatic heterocycles. The fourth-order valence-corrected chi connectivity index (χ4v) is 1.55. The number of benzene rings is 1. The van der Waals surface area contributed by atoms with Crippen molar-refractivity contribution in [3.8, 4) is 5.88 Å². The number of aryl methyl sites for hydroxylation is 2. The number of hydrogen-bond donors (Lipinski definition) is 1. The highest BCUT2D eigenvalue weighted by atomic mass is 16.3. The van der Waals surface area contributed by atoms with E-state index in [1.807, 2.05) is 44.2 Å². The van der Waals surface area contributed by atoms with Gasteiger partial charge in [-0.1, -0.05) is 30.3 Å². The highest BCUT2D eigenvalue weighted by molar-refractivity contribution is 5.29. The lowest BCUT2D eigenvalue weighted by Crippen LogP contribution is -2.00. The molecule has 0 spiro atoms. The third kappa shape index (κ3) is 2.19. The lowest BCUT2D eigenvalue weighted by molar-refractivity contribution is 0.440. The van der Waals surface area contributed by atoms with Gasteiger partial charge in [0, 0.05) is 6.42 Å². The van der Waals surface area contributed by atoms with E-state index in [1.165, 1.54) is 0 Å². The summed E-state index contributed by atoms with van der Waals surface area (Å²) in [5.41, 5.74) is 3.39.